The van der Waals surface area contributed by atoms with Gasteiger partial charge >= 0.3 is 23.9 Å². The van der Waals surface area contributed by atoms with Gasteiger partial charge in [0.15, 0.2) is 0 Å². The minimum absolute atomic E-state index is 0.00705. The van der Waals surface area contributed by atoms with Crippen molar-refractivity contribution in [3.63, 3.8) is 0 Å². The van der Waals surface area contributed by atoms with Gasteiger partial charge in [0.2, 0.25) is 0 Å². The van der Waals surface area contributed by atoms with Crippen molar-refractivity contribution in [2.45, 2.75) is 257 Å². The quantitative estimate of drug-likeness (QED) is 0.112. The SMILES string of the molecule is CCCCC1CCC(C(=O)OC2CCC(C(=O)OC3CCC(C4CCCC(C5CCC(OC(=O)C6CCC(OC(=O)C7CCC(CCCC)CC7)CC6)CC5)C4)CC3)CC2)CC1. The van der Waals surface area contributed by atoms with E-state index in [1.165, 1.54) is 89.9 Å². The zero-order valence-corrected chi connectivity index (χ0v) is 39.4. The summed E-state index contributed by atoms with van der Waals surface area (Å²) in [6, 6.07) is 0. The molecule has 2 atom stereocenters. The molecule has 0 N–H and O–H groups in total. The molecule has 0 aliphatic heterocycles. The highest BCUT2D eigenvalue weighted by molar-refractivity contribution is 5.74. The number of ether oxygens (including phenoxy) is 4. The molecular formula is C54H88O8. The second kappa shape index (κ2) is 24.4. The molecule has 7 rings (SSSR count). The summed E-state index contributed by atoms with van der Waals surface area (Å²) < 4.78 is 24.3. The first-order chi connectivity index (χ1) is 30.2. The summed E-state index contributed by atoms with van der Waals surface area (Å²) in [7, 11) is 0. The van der Waals surface area contributed by atoms with Crippen LogP contribution < -0.4 is 0 Å². The molecule has 0 spiro atoms. The first kappa shape index (κ1) is 47.8. The van der Waals surface area contributed by atoms with Gasteiger partial charge in [0.1, 0.15) is 24.4 Å². The third kappa shape index (κ3) is 13.9. The van der Waals surface area contributed by atoms with Crippen LogP contribution in [0.3, 0.4) is 0 Å². The number of hydrogen-bond acceptors (Lipinski definition) is 8. The Morgan fingerprint density at radius 3 is 0.903 bits per heavy atom. The molecule has 7 fully saturated rings. The monoisotopic (exact) mass is 865 g/mol. The van der Waals surface area contributed by atoms with Crippen LogP contribution in [0.25, 0.3) is 0 Å². The molecule has 7 saturated carbocycles. The lowest BCUT2D eigenvalue weighted by Crippen LogP contribution is -2.36. The topological polar surface area (TPSA) is 105 Å². The maximum absolute atomic E-state index is 13.3. The molecule has 2 unspecified atom stereocenters. The van der Waals surface area contributed by atoms with Crippen LogP contribution in [0.4, 0.5) is 0 Å². The predicted molar refractivity (Wildman–Crippen MR) is 243 cm³/mol. The highest BCUT2D eigenvalue weighted by Crippen LogP contribution is 2.46. The van der Waals surface area contributed by atoms with Crippen LogP contribution in [0, 0.1) is 59.2 Å². The number of carbonyl (C=O) groups excluding carboxylic acids is 4. The van der Waals surface area contributed by atoms with Crippen molar-refractivity contribution in [2.75, 3.05) is 0 Å². The van der Waals surface area contributed by atoms with Crippen LogP contribution in [0.1, 0.15) is 232 Å². The number of unbranched alkanes of at least 4 members (excludes halogenated alkanes) is 2. The standard InChI is InChI=1S/C54H88O8/c1-3-5-8-37-12-16-41(17-13-37)51(55)61-49-32-24-43(25-33-49)53(57)59-47-28-20-39(21-29-47)45-10-7-11-46(36-45)40-22-30-48(31-23-40)60-54(58)44-26-34-50(35-27-44)62-52(56)42-18-14-38(15-19-42)9-6-4-2/h37-50H,3-36H2,1-2H3. The molecule has 62 heavy (non-hydrogen) atoms. The largest absolute Gasteiger partial charge is 0.462 e. The molecule has 0 heterocycles. The minimum atomic E-state index is -0.0539. The van der Waals surface area contributed by atoms with Crippen molar-refractivity contribution in [3.8, 4) is 0 Å². The summed E-state index contributed by atoms with van der Waals surface area (Å²) in [5.74, 6) is 4.66. The van der Waals surface area contributed by atoms with E-state index in [1.54, 1.807) is 0 Å². The zero-order valence-electron chi connectivity index (χ0n) is 39.4. The van der Waals surface area contributed by atoms with Crippen molar-refractivity contribution in [2.24, 2.45) is 59.2 Å². The van der Waals surface area contributed by atoms with Crippen molar-refractivity contribution in [3.05, 3.63) is 0 Å². The highest BCUT2D eigenvalue weighted by atomic mass is 16.6. The van der Waals surface area contributed by atoms with Gasteiger partial charge in [0.25, 0.3) is 0 Å². The molecule has 0 radical (unpaired) electrons. The first-order valence-electron chi connectivity index (χ1n) is 27.1. The Balaban J connectivity index is 0.727. The van der Waals surface area contributed by atoms with Gasteiger partial charge in [-0.2, -0.15) is 0 Å². The van der Waals surface area contributed by atoms with E-state index in [-0.39, 0.29) is 72.0 Å². The molecule has 7 aliphatic carbocycles. The molecule has 7 aliphatic rings. The Bertz CT molecular complexity index is 1260. The predicted octanol–water partition coefficient (Wildman–Crippen LogP) is 13.2. The number of carbonyl (C=O) groups is 4. The third-order valence-corrected chi connectivity index (χ3v) is 18.0. The summed E-state index contributed by atoms with van der Waals surface area (Å²) >= 11 is 0. The summed E-state index contributed by atoms with van der Waals surface area (Å²) in [5.41, 5.74) is 0. The second-order valence-electron chi connectivity index (χ2n) is 22.2. The highest BCUT2D eigenvalue weighted by Gasteiger charge is 2.39. The summed E-state index contributed by atoms with van der Waals surface area (Å²) in [6.07, 6.45) is 36.5. The van der Waals surface area contributed by atoms with Crippen LogP contribution in [-0.4, -0.2) is 48.3 Å². The second-order valence-corrected chi connectivity index (χ2v) is 22.2. The zero-order chi connectivity index (χ0) is 43.3. The van der Waals surface area contributed by atoms with E-state index in [0.717, 1.165) is 164 Å². The van der Waals surface area contributed by atoms with Gasteiger partial charge in [-0.1, -0.05) is 71.6 Å². The van der Waals surface area contributed by atoms with E-state index in [1.807, 2.05) is 0 Å². The van der Waals surface area contributed by atoms with Crippen molar-refractivity contribution in [1.29, 1.82) is 0 Å². The molecule has 0 bridgehead atoms. The van der Waals surface area contributed by atoms with Crippen LogP contribution in [-0.2, 0) is 38.1 Å². The fourth-order valence-corrected chi connectivity index (χ4v) is 13.7. The fraction of sp³-hybridized carbons (Fsp3) is 0.926. The van der Waals surface area contributed by atoms with Gasteiger partial charge in [-0.15, -0.1) is 0 Å². The Hall–Kier alpha value is -2.12. The van der Waals surface area contributed by atoms with Crippen LogP contribution in [0.15, 0.2) is 0 Å². The third-order valence-electron chi connectivity index (χ3n) is 18.0. The van der Waals surface area contributed by atoms with E-state index >= 15 is 0 Å². The molecule has 0 saturated heterocycles. The Kier molecular flexibility index (Phi) is 18.8. The lowest BCUT2D eigenvalue weighted by molar-refractivity contribution is -0.163. The van der Waals surface area contributed by atoms with Gasteiger partial charge in [-0.05, 0) is 196 Å². The first-order valence-corrected chi connectivity index (χ1v) is 27.1. The molecule has 0 aromatic rings. The maximum Gasteiger partial charge on any atom is 0.309 e. The molecule has 0 amide bonds. The van der Waals surface area contributed by atoms with E-state index in [2.05, 4.69) is 13.8 Å². The van der Waals surface area contributed by atoms with Crippen LogP contribution in [0.2, 0.25) is 0 Å². The van der Waals surface area contributed by atoms with Gasteiger partial charge in [0.05, 0.1) is 23.7 Å². The summed E-state index contributed by atoms with van der Waals surface area (Å²) in [6.45, 7) is 4.50. The van der Waals surface area contributed by atoms with E-state index in [9.17, 15) is 19.2 Å². The van der Waals surface area contributed by atoms with E-state index in [4.69, 9.17) is 18.9 Å². The Morgan fingerprint density at radius 2 is 0.613 bits per heavy atom. The number of rotatable bonds is 16. The van der Waals surface area contributed by atoms with Crippen molar-refractivity contribution in [1.82, 2.24) is 0 Å². The average molecular weight is 865 g/mol. The average Bonchev–Trinajstić information content (AvgIpc) is 3.31. The summed E-state index contributed by atoms with van der Waals surface area (Å²) in [4.78, 5) is 52.4. The molecule has 8 heteroatoms. The maximum atomic E-state index is 13.3. The molecule has 0 aromatic carbocycles. The summed E-state index contributed by atoms with van der Waals surface area (Å²) in [5, 5.41) is 0. The molecule has 352 valence electrons. The molecule has 0 aromatic heterocycles. The van der Waals surface area contributed by atoms with Gasteiger partial charge < -0.3 is 18.9 Å². The van der Waals surface area contributed by atoms with Gasteiger partial charge in [0, 0.05) is 0 Å². The Morgan fingerprint density at radius 1 is 0.339 bits per heavy atom. The molecular weight excluding hydrogens is 777 g/mol. The number of hydrogen-bond donors (Lipinski definition) is 0. The Labute approximate surface area is 376 Å². The smallest absolute Gasteiger partial charge is 0.309 e. The number of esters is 4. The van der Waals surface area contributed by atoms with E-state index in [0.29, 0.717) is 0 Å². The normalized spacial score (nSPS) is 38.3. The van der Waals surface area contributed by atoms with Gasteiger partial charge in [-0.25, -0.2) is 0 Å². The van der Waals surface area contributed by atoms with Crippen LogP contribution >= 0.6 is 0 Å². The lowest BCUT2D eigenvalue weighted by atomic mass is 9.65. The van der Waals surface area contributed by atoms with E-state index < -0.39 is 0 Å². The minimum Gasteiger partial charge on any atom is -0.462 e. The van der Waals surface area contributed by atoms with Crippen molar-refractivity contribution < 1.29 is 38.1 Å². The van der Waals surface area contributed by atoms with Gasteiger partial charge in [-0.3, -0.25) is 19.2 Å². The lowest BCUT2D eigenvalue weighted by Gasteiger charge is -2.42. The fourth-order valence-electron chi connectivity index (χ4n) is 13.7. The van der Waals surface area contributed by atoms with Crippen LogP contribution in [0.5, 0.6) is 0 Å². The van der Waals surface area contributed by atoms with Crippen molar-refractivity contribution >= 4 is 23.9 Å². The molecule has 8 nitrogen and oxygen atoms in total.